The molecule has 0 radical (unpaired) electrons. The average molecular weight is 1320 g/mol. The first-order chi connectivity index (χ1) is 45.0. The van der Waals surface area contributed by atoms with E-state index in [1.54, 1.807) is 0 Å². The Kier molecular flexibility index (Phi) is 72.1. The molecule has 0 saturated carbocycles. The molecule has 0 saturated heterocycles. The molecule has 0 heterocycles. The molecule has 2 atom stereocenters. The van der Waals surface area contributed by atoms with Gasteiger partial charge in [-0.1, -0.05) is 378 Å². The first-order valence-electron chi connectivity index (χ1n) is 40.7. The van der Waals surface area contributed by atoms with Gasteiger partial charge in [-0.15, -0.1) is 0 Å². The van der Waals surface area contributed by atoms with E-state index in [2.05, 4.69) is 50.3 Å². The van der Waals surface area contributed by atoms with Crippen LogP contribution in [0.25, 0.3) is 0 Å². The SMILES string of the molecule is CCCCCCC/C=C\C/C=C\CCCCCCCCCCCCCCCCCC(=O)OC(COC(=O)CCCCCCCCCCCCCCCCCCCCCCCCCCCCCCC/C=C\CCCCCCCCCC)COP(=O)([O-])OCC[N+](C)(C)C. The van der Waals surface area contributed by atoms with Crippen LogP contribution in [0.2, 0.25) is 0 Å². The third-order valence-electron chi connectivity index (χ3n) is 18.6. The van der Waals surface area contributed by atoms with Gasteiger partial charge in [-0.25, -0.2) is 0 Å². The Morgan fingerprint density at radius 3 is 0.870 bits per heavy atom. The molecule has 0 amide bonds. The Bertz CT molecular complexity index is 1640. The van der Waals surface area contributed by atoms with E-state index in [0.717, 1.165) is 38.5 Å². The van der Waals surface area contributed by atoms with Crippen LogP contribution in [0.5, 0.6) is 0 Å². The maximum absolute atomic E-state index is 12.9. The van der Waals surface area contributed by atoms with Gasteiger partial charge in [0, 0.05) is 12.8 Å². The zero-order valence-electron chi connectivity index (χ0n) is 62.3. The number of phosphoric ester groups is 1. The highest BCUT2D eigenvalue weighted by molar-refractivity contribution is 7.45. The molecule has 0 rings (SSSR count). The van der Waals surface area contributed by atoms with Crippen molar-refractivity contribution in [3.05, 3.63) is 36.5 Å². The van der Waals surface area contributed by atoms with E-state index in [1.807, 2.05) is 21.1 Å². The van der Waals surface area contributed by atoms with Crippen molar-refractivity contribution in [2.45, 2.75) is 431 Å². The molecule has 92 heavy (non-hydrogen) atoms. The van der Waals surface area contributed by atoms with Gasteiger partial charge in [-0.05, 0) is 70.6 Å². The number of carbonyl (C=O) groups excluding carboxylic acids is 2. The Morgan fingerprint density at radius 2 is 0.587 bits per heavy atom. The van der Waals surface area contributed by atoms with Gasteiger partial charge in [-0.3, -0.25) is 14.2 Å². The highest BCUT2D eigenvalue weighted by atomic mass is 31.2. The number of hydrogen-bond acceptors (Lipinski definition) is 8. The zero-order chi connectivity index (χ0) is 66.9. The lowest BCUT2D eigenvalue weighted by atomic mass is 10.0. The second-order valence-electron chi connectivity index (χ2n) is 29.1. The molecule has 0 aromatic carbocycles. The number of esters is 2. The minimum atomic E-state index is -4.64. The van der Waals surface area contributed by atoms with Crippen molar-refractivity contribution in [2.24, 2.45) is 0 Å². The molecule has 0 aromatic heterocycles. The smallest absolute Gasteiger partial charge is 0.306 e. The van der Waals surface area contributed by atoms with Crippen molar-refractivity contribution in [1.82, 2.24) is 0 Å². The molecule has 544 valence electrons. The summed E-state index contributed by atoms with van der Waals surface area (Å²) in [5.74, 6) is -0.809. The van der Waals surface area contributed by atoms with Crippen LogP contribution in [0.3, 0.4) is 0 Å². The van der Waals surface area contributed by atoms with Crippen molar-refractivity contribution in [3.63, 3.8) is 0 Å². The summed E-state index contributed by atoms with van der Waals surface area (Å²) in [5.41, 5.74) is 0. The highest BCUT2D eigenvalue weighted by Gasteiger charge is 2.22. The number of rotatable bonds is 77. The zero-order valence-corrected chi connectivity index (χ0v) is 63.2. The monoisotopic (exact) mass is 1320 g/mol. The third-order valence-corrected chi connectivity index (χ3v) is 19.6. The van der Waals surface area contributed by atoms with Gasteiger partial charge in [-0.2, -0.15) is 0 Å². The second kappa shape index (κ2) is 73.5. The number of phosphoric acid groups is 1. The van der Waals surface area contributed by atoms with Gasteiger partial charge in [0.2, 0.25) is 0 Å². The van der Waals surface area contributed by atoms with Crippen molar-refractivity contribution in [2.75, 3.05) is 47.5 Å². The van der Waals surface area contributed by atoms with E-state index in [0.29, 0.717) is 17.4 Å². The average Bonchev–Trinajstić information content (AvgIpc) is 2.14. The van der Waals surface area contributed by atoms with E-state index in [9.17, 15) is 19.0 Å². The van der Waals surface area contributed by atoms with Gasteiger partial charge < -0.3 is 27.9 Å². The number of quaternary nitrogens is 1. The molecule has 10 heteroatoms. The van der Waals surface area contributed by atoms with Gasteiger partial charge in [0.1, 0.15) is 19.8 Å². The number of nitrogens with zero attached hydrogens (tertiary/aromatic N) is 1. The predicted octanol–water partition coefficient (Wildman–Crippen LogP) is 26.3. The van der Waals surface area contributed by atoms with Crippen molar-refractivity contribution < 1.29 is 42.1 Å². The topological polar surface area (TPSA) is 111 Å². The molecule has 0 bridgehead atoms. The van der Waals surface area contributed by atoms with Crippen molar-refractivity contribution in [3.8, 4) is 0 Å². The number of likely N-dealkylation sites (N-methyl/N-ethyl adjacent to an activating group) is 1. The Hall–Kier alpha value is -1.77. The van der Waals surface area contributed by atoms with Crippen LogP contribution in [0.4, 0.5) is 0 Å². The lowest BCUT2D eigenvalue weighted by Gasteiger charge is -2.28. The van der Waals surface area contributed by atoms with Gasteiger partial charge in [0.05, 0.1) is 27.7 Å². The molecular formula is C82H158NO8P. The molecule has 0 aliphatic heterocycles. The highest BCUT2D eigenvalue weighted by Crippen LogP contribution is 2.38. The molecule has 0 N–H and O–H groups in total. The normalized spacial score (nSPS) is 13.2. The van der Waals surface area contributed by atoms with E-state index >= 15 is 0 Å². The number of unbranched alkanes of at least 4 members (excludes halogenated alkanes) is 57. The minimum absolute atomic E-state index is 0.0278. The lowest BCUT2D eigenvalue weighted by molar-refractivity contribution is -0.870. The summed E-state index contributed by atoms with van der Waals surface area (Å²) in [5, 5.41) is 0. The van der Waals surface area contributed by atoms with Gasteiger partial charge in [0.25, 0.3) is 7.82 Å². The van der Waals surface area contributed by atoms with Crippen LogP contribution in [0.1, 0.15) is 425 Å². The molecule has 9 nitrogen and oxygen atoms in total. The molecule has 0 spiro atoms. The summed E-state index contributed by atoms with van der Waals surface area (Å²) in [6.45, 7) is 4.31. The van der Waals surface area contributed by atoms with Crippen LogP contribution in [-0.2, 0) is 32.7 Å². The largest absolute Gasteiger partial charge is 0.756 e. The van der Waals surface area contributed by atoms with E-state index < -0.39 is 26.5 Å². The summed E-state index contributed by atoms with van der Waals surface area (Å²) in [6.07, 6.45) is 95.7. The van der Waals surface area contributed by atoms with E-state index in [-0.39, 0.29) is 32.0 Å². The summed E-state index contributed by atoms with van der Waals surface area (Å²) in [4.78, 5) is 38.2. The molecular weight excluding hydrogens is 1160 g/mol. The molecule has 0 aliphatic carbocycles. The summed E-state index contributed by atoms with van der Waals surface area (Å²) >= 11 is 0. The van der Waals surface area contributed by atoms with Crippen LogP contribution < -0.4 is 4.89 Å². The first kappa shape index (κ1) is 90.2. The number of hydrogen-bond donors (Lipinski definition) is 0. The fourth-order valence-electron chi connectivity index (χ4n) is 12.4. The second-order valence-corrected chi connectivity index (χ2v) is 30.5. The lowest BCUT2D eigenvalue weighted by Crippen LogP contribution is -2.37. The first-order valence-corrected chi connectivity index (χ1v) is 42.2. The van der Waals surface area contributed by atoms with Crippen LogP contribution >= 0.6 is 7.82 Å². The van der Waals surface area contributed by atoms with E-state index in [4.69, 9.17) is 18.5 Å². The van der Waals surface area contributed by atoms with Crippen LogP contribution in [-0.4, -0.2) is 70.0 Å². The van der Waals surface area contributed by atoms with Crippen LogP contribution in [0, 0.1) is 0 Å². The Morgan fingerprint density at radius 1 is 0.337 bits per heavy atom. The Balaban J connectivity index is 3.86. The molecule has 0 aliphatic rings. The maximum Gasteiger partial charge on any atom is 0.306 e. The summed E-state index contributed by atoms with van der Waals surface area (Å²) in [6, 6.07) is 0. The quantitative estimate of drug-likeness (QED) is 0.0195. The van der Waals surface area contributed by atoms with E-state index in [1.165, 1.54) is 353 Å². The predicted molar refractivity (Wildman–Crippen MR) is 398 cm³/mol. The summed E-state index contributed by atoms with van der Waals surface area (Å²) in [7, 11) is 1.19. The minimum Gasteiger partial charge on any atom is -0.756 e. The number of ether oxygens (including phenoxy) is 2. The summed E-state index contributed by atoms with van der Waals surface area (Å²) < 4.78 is 34.4. The fourth-order valence-corrected chi connectivity index (χ4v) is 13.1. The Labute approximate surface area is 573 Å². The number of allylic oxidation sites excluding steroid dienone is 6. The third kappa shape index (κ3) is 77.2. The number of carbonyl (C=O) groups is 2. The van der Waals surface area contributed by atoms with Gasteiger partial charge in [0.15, 0.2) is 6.10 Å². The molecule has 0 aromatic rings. The van der Waals surface area contributed by atoms with Crippen molar-refractivity contribution >= 4 is 19.8 Å². The molecule has 2 unspecified atom stereocenters. The maximum atomic E-state index is 12.9. The molecule has 0 fully saturated rings. The van der Waals surface area contributed by atoms with Crippen molar-refractivity contribution in [1.29, 1.82) is 0 Å². The van der Waals surface area contributed by atoms with Gasteiger partial charge >= 0.3 is 11.9 Å². The van der Waals surface area contributed by atoms with Crippen LogP contribution in [0.15, 0.2) is 36.5 Å². The standard InChI is InChI=1S/C82H158NO8P/c1-6-8-10-12-14-16-18-20-22-24-26-28-30-32-34-35-36-37-38-39-40-41-42-43-44-45-46-47-49-50-52-54-56-58-60-62-64-66-68-70-72-74-81(84)88-78-80(79-90-92(86,87)89-77-76-83(3,4)5)91-82(85)75-73-71-69-67-65-63-61-59-57-55-53-51-48-33-31-29-27-25-23-21-19-17-15-13-11-9-7-2/h19,21,24-27,80H,6-18,20,22-23,28-79H2,1-5H3/b21-19-,26-24-,27-25-. The fraction of sp³-hybridized carbons (Fsp3) is 0.902.